The van der Waals surface area contributed by atoms with Gasteiger partial charge in [-0.2, -0.15) is 0 Å². The Morgan fingerprint density at radius 3 is 2.88 bits per heavy atom. The average Bonchev–Trinajstić information content (AvgIpc) is 2.63. The zero-order chi connectivity index (χ0) is 16.8. The van der Waals surface area contributed by atoms with E-state index in [1.54, 1.807) is 0 Å². The van der Waals surface area contributed by atoms with Gasteiger partial charge in [0.15, 0.2) is 0 Å². The van der Waals surface area contributed by atoms with Crippen LogP contribution in [-0.2, 0) is 0 Å². The summed E-state index contributed by atoms with van der Waals surface area (Å²) in [4.78, 5) is 1.34. The Hall–Kier alpha value is -0.590. The van der Waals surface area contributed by atoms with E-state index in [0.29, 0.717) is 6.04 Å². The van der Waals surface area contributed by atoms with Gasteiger partial charge < -0.3 is 10.6 Å². The first-order chi connectivity index (χ1) is 11.7. The zero-order valence-corrected chi connectivity index (χ0v) is 17.3. The molecule has 128 valence electrons. The van der Waals surface area contributed by atoms with Crippen LogP contribution in [-0.4, -0.2) is 18.3 Å². The second-order valence-electron chi connectivity index (χ2n) is 6.05. The minimum Gasteiger partial charge on any atom is -0.384 e. The quantitative estimate of drug-likeness (QED) is 0.488. The lowest BCUT2D eigenvalue weighted by Crippen LogP contribution is -2.22. The van der Waals surface area contributed by atoms with Crippen LogP contribution in [0, 0.1) is 3.57 Å². The number of para-hydroxylation sites is 1. The summed E-state index contributed by atoms with van der Waals surface area (Å²) in [5, 5.41) is 8.11. The first kappa shape index (κ1) is 18.2. The fourth-order valence-corrected chi connectivity index (χ4v) is 4.60. The molecule has 0 bridgehead atoms. The summed E-state index contributed by atoms with van der Waals surface area (Å²) in [6, 6.07) is 15.3. The molecule has 0 saturated carbocycles. The molecule has 2 aromatic rings. The molecule has 0 saturated heterocycles. The fourth-order valence-electron chi connectivity index (χ4n) is 2.86. The lowest BCUT2D eigenvalue weighted by Gasteiger charge is -2.20. The minimum atomic E-state index is 0.470. The van der Waals surface area contributed by atoms with E-state index in [1.807, 2.05) is 17.8 Å². The maximum absolute atomic E-state index is 6.14. The van der Waals surface area contributed by atoms with Crippen LogP contribution in [0.4, 0.5) is 11.4 Å². The van der Waals surface area contributed by atoms with E-state index in [2.05, 4.69) is 69.6 Å². The maximum Gasteiger partial charge on any atom is 0.0540 e. The second-order valence-corrected chi connectivity index (χ2v) is 8.68. The Morgan fingerprint density at radius 1 is 1.12 bits per heavy atom. The molecule has 0 amide bonds. The molecule has 0 radical (unpaired) electrons. The van der Waals surface area contributed by atoms with Crippen LogP contribution in [0.15, 0.2) is 47.4 Å². The first-order valence-corrected chi connectivity index (χ1v) is 10.8. The number of benzene rings is 2. The first-order valence-electron chi connectivity index (χ1n) is 8.39. The normalized spacial score (nSPS) is 18.8. The molecule has 1 heterocycles. The predicted octanol–water partition coefficient (Wildman–Crippen LogP) is 6.50. The number of hydrogen-bond acceptors (Lipinski definition) is 3. The SMILES string of the molecule is Clc1ccc(N[C@H]2CCCCCNc3ccccc3SC2)cc1I. The van der Waals surface area contributed by atoms with Gasteiger partial charge in [-0.05, 0) is 65.8 Å². The van der Waals surface area contributed by atoms with Gasteiger partial charge in [0.05, 0.1) is 5.02 Å². The molecule has 1 aliphatic rings. The number of nitrogens with one attached hydrogen (secondary N) is 2. The van der Waals surface area contributed by atoms with Gasteiger partial charge in [-0.3, -0.25) is 0 Å². The van der Waals surface area contributed by atoms with Gasteiger partial charge in [0.25, 0.3) is 0 Å². The van der Waals surface area contributed by atoms with Crippen molar-refractivity contribution in [2.75, 3.05) is 22.9 Å². The van der Waals surface area contributed by atoms with Crippen LogP contribution in [0.5, 0.6) is 0 Å². The molecule has 1 atom stereocenters. The topological polar surface area (TPSA) is 24.1 Å². The van der Waals surface area contributed by atoms with Gasteiger partial charge in [0.2, 0.25) is 0 Å². The van der Waals surface area contributed by atoms with E-state index >= 15 is 0 Å². The minimum absolute atomic E-state index is 0.470. The van der Waals surface area contributed by atoms with Crippen molar-refractivity contribution in [1.29, 1.82) is 0 Å². The third-order valence-corrected chi connectivity index (χ3v) is 6.94. The predicted molar refractivity (Wildman–Crippen MR) is 116 cm³/mol. The molecular weight excluding hydrogens is 451 g/mol. The van der Waals surface area contributed by atoms with Gasteiger partial charge in [-0.1, -0.05) is 36.6 Å². The zero-order valence-electron chi connectivity index (χ0n) is 13.5. The molecule has 0 fully saturated rings. The van der Waals surface area contributed by atoms with E-state index in [0.717, 1.165) is 26.6 Å². The van der Waals surface area contributed by atoms with E-state index < -0.39 is 0 Å². The second kappa shape index (κ2) is 9.20. The summed E-state index contributed by atoms with van der Waals surface area (Å²) in [6.07, 6.45) is 4.97. The molecule has 0 unspecified atom stereocenters. The highest BCUT2D eigenvalue weighted by molar-refractivity contribution is 14.1. The largest absolute Gasteiger partial charge is 0.384 e. The van der Waals surface area contributed by atoms with Crippen LogP contribution >= 0.6 is 46.0 Å². The van der Waals surface area contributed by atoms with E-state index in [-0.39, 0.29) is 0 Å². The number of hydrogen-bond donors (Lipinski definition) is 2. The molecule has 1 aliphatic heterocycles. The van der Waals surface area contributed by atoms with Crippen molar-refractivity contribution in [2.45, 2.75) is 36.6 Å². The lowest BCUT2D eigenvalue weighted by molar-refractivity contribution is 0.613. The molecule has 2 aromatic carbocycles. The van der Waals surface area contributed by atoms with Gasteiger partial charge in [-0.25, -0.2) is 0 Å². The average molecular weight is 473 g/mol. The summed E-state index contributed by atoms with van der Waals surface area (Å²) in [6.45, 7) is 1.06. The van der Waals surface area contributed by atoms with Gasteiger partial charge >= 0.3 is 0 Å². The Kier molecular flexibility index (Phi) is 6.98. The summed E-state index contributed by atoms with van der Waals surface area (Å²) < 4.78 is 1.10. The number of anilines is 2. The molecule has 5 heteroatoms. The molecular formula is C19H22ClIN2S. The third kappa shape index (κ3) is 5.20. The number of rotatable bonds is 2. The molecule has 2 N–H and O–H groups in total. The highest BCUT2D eigenvalue weighted by atomic mass is 127. The molecule has 2 nitrogen and oxygen atoms in total. The Morgan fingerprint density at radius 2 is 2.00 bits per heavy atom. The van der Waals surface area contributed by atoms with Crippen LogP contribution in [0.1, 0.15) is 25.7 Å². The summed E-state index contributed by atoms with van der Waals surface area (Å²) in [5.41, 5.74) is 2.43. The van der Waals surface area contributed by atoms with Crippen molar-refractivity contribution in [3.8, 4) is 0 Å². The van der Waals surface area contributed by atoms with E-state index in [4.69, 9.17) is 11.6 Å². The van der Waals surface area contributed by atoms with Crippen molar-refractivity contribution >= 4 is 57.3 Å². The monoisotopic (exact) mass is 472 g/mol. The van der Waals surface area contributed by atoms with Crippen molar-refractivity contribution in [2.24, 2.45) is 0 Å². The van der Waals surface area contributed by atoms with E-state index in [9.17, 15) is 0 Å². The molecule has 0 spiro atoms. The van der Waals surface area contributed by atoms with Gasteiger partial charge in [0, 0.05) is 38.2 Å². The van der Waals surface area contributed by atoms with Gasteiger partial charge in [-0.15, -0.1) is 11.8 Å². The van der Waals surface area contributed by atoms with Gasteiger partial charge in [0.1, 0.15) is 0 Å². The maximum atomic E-state index is 6.14. The fraction of sp³-hybridized carbons (Fsp3) is 0.368. The van der Waals surface area contributed by atoms with Crippen LogP contribution < -0.4 is 10.6 Å². The third-order valence-electron chi connectivity index (χ3n) is 4.16. The smallest absolute Gasteiger partial charge is 0.0540 e. The standard InChI is InChI=1S/C19H22ClIN2S/c20-16-10-9-14(12-17(16)21)23-15-6-2-1-5-11-22-18-7-3-4-8-19(18)24-13-15/h3-4,7-10,12,15,22-23H,1-2,5-6,11,13H2/t15-/m0/s1. The van der Waals surface area contributed by atoms with Crippen LogP contribution in [0.2, 0.25) is 5.02 Å². The highest BCUT2D eigenvalue weighted by Gasteiger charge is 2.13. The highest BCUT2D eigenvalue weighted by Crippen LogP contribution is 2.30. The Bertz CT molecular complexity index is 680. The van der Waals surface area contributed by atoms with Crippen molar-refractivity contribution < 1.29 is 0 Å². The lowest BCUT2D eigenvalue weighted by atomic mass is 10.1. The van der Waals surface area contributed by atoms with Crippen molar-refractivity contribution in [1.82, 2.24) is 0 Å². The number of fused-ring (bicyclic) bond motifs is 1. The van der Waals surface area contributed by atoms with E-state index in [1.165, 1.54) is 36.3 Å². The molecule has 3 rings (SSSR count). The summed E-state index contributed by atoms with van der Waals surface area (Å²) >= 11 is 10.4. The molecule has 0 aliphatic carbocycles. The molecule has 24 heavy (non-hydrogen) atoms. The van der Waals surface area contributed by atoms with Crippen LogP contribution in [0.25, 0.3) is 0 Å². The summed E-state index contributed by atoms with van der Waals surface area (Å²) in [7, 11) is 0. The van der Waals surface area contributed by atoms with Crippen molar-refractivity contribution in [3.05, 3.63) is 51.1 Å². The van der Waals surface area contributed by atoms with Crippen LogP contribution in [0.3, 0.4) is 0 Å². The Labute approximate surface area is 167 Å². The number of thioether (sulfide) groups is 1. The summed E-state index contributed by atoms with van der Waals surface area (Å²) in [5.74, 6) is 1.07. The van der Waals surface area contributed by atoms with Crippen molar-refractivity contribution in [3.63, 3.8) is 0 Å². The Balaban J connectivity index is 1.71. The number of halogens is 2. The molecule has 0 aromatic heterocycles.